The summed E-state index contributed by atoms with van der Waals surface area (Å²) in [6.07, 6.45) is 9.46. The van der Waals surface area contributed by atoms with Gasteiger partial charge in [-0.05, 0) is 35.4 Å². The maximum Gasteiger partial charge on any atom is 0.292 e. The van der Waals surface area contributed by atoms with Crippen molar-refractivity contribution in [2.75, 3.05) is 0 Å². The molecule has 8 heteroatoms. The highest BCUT2D eigenvalue weighted by Crippen LogP contribution is 2.27. The van der Waals surface area contributed by atoms with Crippen LogP contribution in [0, 0.1) is 46.1 Å². The molecule has 2 rings (SSSR count). The van der Waals surface area contributed by atoms with Crippen molar-refractivity contribution in [3.05, 3.63) is 47.5 Å². The smallest absolute Gasteiger partial charge is 0.292 e. The Morgan fingerprint density at radius 3 is 1.00 bits per heavy atom. The minimum atomic E-state index is 0.204. The second-order valence-electron chi connectivity index (χ2n) is 4.58. The molecule has 2 aromatic carbocycles. The van der Waals surface area contributed by atoms with Crippen molar-refractivity contribution in [3.8, 4) is 48.0 Å². The van der Waals surface area contributed by atoms with Gasteiger partial charge in [0.25, 0.3) is 25.0 Å². The lowest BCUT2D eigenvalue weighted by molar-refractivity contribution is 0.483. The van der Waals surface area contributed by atoms with E-state index < -0.39 is 0 Å². The lowest BCUT2D eigenvalue weighted by Crippen LogP contribution is -1.88. The Labute approximate surface area is 148 Å². The van der Waals surface area contributed by atoms with Crippen molar-refractivity contribution in [2.45, 2.75) is 0 Å². The number of benzene rings is 2. The standard InChI is InChI=1S/C18H8N4O4/c19-9-23-15-3-13(4-16(7-15)24-10-20)1-2-14-5-17(25-11-21)8-18(6-14)26-12-22/h1-8H/b2-1+. The molecule has 0 amide bonds. The maximum absolute atomic E-state index is 8.62. The van der Waals surface area contributed by atoms with Gasteiger partial charge >= 0.3 is 0 Å². The first-order chi connectivity index (χ1) is 12.7. The molecule has 0 spiro atoms. The van der Waals surface area contributed by atoms with Gasteiger partial charge in [-0.25, -0.2) is 0 Å². The van der Waals surface area contributed by atoms with Crippen LogP contribution in [0.2, 0.25) is 0 Å². The summed E-state index contributed by atoms with van der Waals surface area (Å²) in [5.74, 6) is 0.815. The van der Waals surface area contributed by atoms with Crippen molar-refractivity contribution >= 4 is 12.2 Å². The summed E-state index contributed by atoms with van der Waals surface area (Å²) in [5, 5.41) is 34.5. The molecular weight excluding hydrogens is 336 g/mol. The summed E-state index contributed by atoms with van der Waals surface area (Å²) in [5.41, 5.74) is 1.16. The van der Waals surface area contributed by atoms with Crippen LogP contribution in [-0.4, -0.2) is 0 Å². The lowest BCUT2D eigenvalue weighted by Gasteiger charge is -2.04. The van der Waals surface area contributed by atoms with Crippen molar-refractivity contribution in [3.63, 3.8) is 0 Å². The van der Waals surface area contributed by atoms with E-state index in [-0.39, 0.29) is 23.0 Å². The van der Waals surface area contributed by atoms with Gasteiger partial charge in [-0.1, -0.05) is 12.2 Å². The zero-order chi connectivity index (χ0) is 18.8. The summed E-state index contributed by atoms with van der Waals surface area (Å²) in [4.78, 5) is 0. The van der Waals surface area contributed by atoms with E-state index in [0.717, 1.165) is 0 Å². The van der Waals surface area contributed by atoms with Crippen LogP contribution in [0.25, 0.3) is 12.2 Å². The third-order valence-corrected chi connectivity index (χ3v) is 2.93. The van der Waals surface area contributed by atoms with Gasteiger partial charge < -0.3 is 18.9 Å². The highest BCUT2D eigenvalue weighted by Gasteiger charge is 2.04. The molecule has 0 fully saturated rings. The predicted molar refractivity (Wildman–Crippen MR) is 86.8 cm³/mol. The molecule has 0 aliphatic heterocycles. The Kier molecular flexibility index (Phi) is 6.01. The Bertz CT molecular complexity index is 854. The summed E-state index contributed by atoms with van der Waals surface area (Å²) >= 11 is 0. The lowest BCUT2D eigenvalue weighted by atomic mass is 10.1. The largest absolute Gasteiger partial charge is 0.388 e. The van der Waals surface area contributed by atoms with E-state index in [1.54, 1.807) is 61.4 Å². The maximum atomic E-state index is 8.62. The molecule has 0 aromatic heterocycles. The SMILES string of the molecule is N#COc1cc(/C=C/c2cc(OC#N)cc(OC#N)c2)cc(OC#N)c1. The molecule has 0 N–H and O–H groups in total. The van der Waals surface area contributed by atoms with Crippen LogP contribution >= 0.6 is 0 Å². The van der Waals surface area contributed by atoms with Gasteiger partial charge in [-0.15, -0.1) is 21.0 Å². The van der Waals surface area contributed by atoms with E-state index in [9.17, 15) is 0 Å². The van der Waals surface area contributed by atoms with Crippen LogP contribution in [0.4, 0.5) is 0 Å². The molecule has 0 radical (unpaired) electrons. The minimum Gasteiger partial charge on any atom is -0.388 e. The fourth-order valence-corrected chi connectivity index (χ4v) is 2.02. The molecule has 0 saturated carbocycles. The quantitative estimate of drug-likeness (QED) is 0.576. The zero-order valence-electron chi connectivity index (χ0n) is 13.0. The van der Waals surface area contributed by atoms with Crippen LogP contribution in [0.5, 0.6) is 23.0 Å². The minimum absolute atomic E-state index is 0.204. The van der Waals surface area contributed by atoms with Crippen LogP contribution in [0.1, 0.15) is 11.1 Å². The van der Waals surface area contributed by atoms with Gasteiger partial charge in [0, 0.05) is 12.1 Å². The van der Waals surface area contributed by atoms with Crippen LogP contribution in [-0.2, 0) is 0 Å². The molecule has 0 saturated heterocycles. The molecule has 26 heavy (non-hydrogen) atoms. The molecule has 0 aliphatic carbocycles. The van der Waals surface area contributed by atoms with Crippen LogP contribution < -0.4 is 18.9 Å². The van der Waals surface area contributed by atoms with E-state index in [2.05, 4.69) is 0 Å². The average Bonchev–Trinajstić information content (AvgIpc) is 2.61. The first-order valence-corrected chi connectivity index (χ1v) is 6.90. The molecule has 124 valence electrons. The first-order valence-electron chi connectivity index (χ1n) is 6.90. The number of nitriles is 4. The fourth-order valence-electron chi connectivity index (χ4n) is 2.02. The Hall–Kier alpha value is -4.66. The molecule has 0 bridgehead atoms. The average molecular weight is 344 g/mol. The van der Waals surface area contributed by atoms with E-state index in [1.165, 1.54) is 12.1 Å². The fraction of sp³-hybridized carbons (Fsp3) is 0. The Morgan fingerprint density at radius 1 is 0.500 bits per heavy atom. The van der Waals surface area contributed by atoms with Gasteiger partial charge in [-0.3, -0.25) is 0 Å². The third kappa shape index (κ3) is 4.93. The van der Waals surface area contributed by atoms with Crippen molar-refractivity contribution in [1.82, 2.24) is 0 Å². The second-order valence-corrected chi connectivity index (χ2v) is 4.58. The summed E-state index contributed by atoms with van der Waals surface area (Å²) in [6, 6.07) is 9.03. The number of ether oxygens (including phenoxy) is 4. The zero-order valence-corrected chi connectivity index (χ0v) is 13.0. The third-order valence-electron chi connectivity index (χ3n) is 2.93. The van der Waals surface area contributed by atoms with E-state index >= 15 is 0 Å². The van der Waals surface area contributed by atoms with Crippen molar-refractivity contribution < 1.29 is 18.9 Å². The highest BCUT2D eigenvalue weighted by atomic mass is 16.5. The van der Waals surface area contributed by atoms with Crippen LogP contribution in [0.15, 0.2) is 36.4 Å². The monoisotopic (exact) mass is 344 g/mol. The summed E-state index contributed by atoms with van der Waals surface area (Å²) in [7, 11) is 0. The molecular formula is C18H8N4O4. The second kappa shape index (κ2) is 8.84. The summed E-state index contributed by atoms with van der Waals surface area (Å²) in [6.45, 7) is 0. The van der Waals surface area contributed by atoms with E-state index in [1.807, 2.05) is 0 Å². The van der Waals surface area contributed by atoms with Gasteiger partial charge in [0.1, 0.15) is 23.0 Å². The van der Waals surface area contributed by atoms with Crippen molar-refractivity contribution in [2.24, 2.45) is 0 Å². The summed E-state index contributed by atoms with van der Waals surface area (Å²) < 4.78 is 19.0. The van der Waals surface area contributed by atoms with E-state index in [4.69, 9.17) is 40.0 Å². The molecule has 0 aliphatic rings. The topological polar surface area (TPSA) is 132 Å². The van der Waals surface area contributed by atoms with Gasteiger partial charge in [0.2, 0.25) is 0 Å². The number of hydrogen-bond acceptors (Lipinski definition) is 8. The molecule has 0 unspecified atom stereocenters. The molecule has 0 heterocycles. The normalized spacial score (nSPS) is 9.23. The van der Waals surface area contributed by atoms with Crippen molar-refractivity contribution in [1.29, 1.82) is 21.0 Å². The van der Waals surface area contributed by atoms with Crippen LogP contribution in [0.3, 0.4) is 0 Å². The van der Waals surface area contributed by atoms with Gasteiger partial charge in [0.15, 0.2) is 0 Å². The molecule has 0 atom stereocenters. The Balaban J connectivity index is 2.37. The predicted octanol–water partition coefficient (Wildman–Crippen LogP) is 3.30. The first kappa shape index (κ1) is 17.7. The molecule has 2 aromatic rings. The Morgan fingerprint density at radius 2 is 0.769 bits per heavy atom. The number of rotatable bonds is 6. The number of hydrogen-bond donors (Lipinski definition) is 0. The van der Waals surface area contributed by atoms with Gasteiger partial charge in [0.05, 0.1) is 0 Å². The molecule has 8 nitrogen and oxygen atoms in total. The van der Waals surface area contributed by atoms with E-state index in [0.29, 0.717) is 11.1 Å². The number of nitrogens with zero attached hydrogens (tertiary/aromatic N) is 4. The van der Waals surface area contributed by atoms with Gasteiger partial charge in [-0.2, -0.15) is 0 Å². The highest BCUT2D eigenvalue weighted by molar-refractivity contribution is 5.72.